The Balaban J connectivity index is 1.39. The summed E-state index contributed by atoms with van der Waals surface area (Å²) in [4.78, 5) is 27.4. The topological polar surface area (TPSA) is 61.9 Å². The molecule has 0 saturated carbocycles. The van der Waals surface area contributed by atoms with Crippen LogP contribution in [-0.4, -0.2) is 32.9 Å². The lowest BCUT2D eigenvalue weighted by atomic mass is 9.99. The first-order chi connectivity index (χ1) is 13.7. The average Bonchev–Trinajstić information content (AvgIpc) is 3.14. The maximum Gasteiger partial charge on any atom is 0.258 e. The first-order valence-electron chi connectivity index (χ1n) is 9.74. The molecule has 1 atom stereocenters. The fourth-order valence-electron chi connectivity index (χ4n) is 4.10. The van der Waals surface area contributed by atoms with Gasteiger partial charge in [0, 0.05) is 12.5 Å². The van der Waals surface area contributed by atoms with Crippen molar-refractivity contribution in [2.75, 3.05) is 13.1 Å². The normalized spacial score (nSPS) is 18.1. The van der Waals surface area contributed by atoms with Gasteiger partial charge >= 0.3 is 0 Å². The van der Waals surface area contributed by atoms with Gasteiger partial charge in [0.25, 0.3) is 5.56 Å². The van der Waals surface area contributed by atoms with Crippen molar-refractivity contribution in [3.8, 4) is 0 Å². The summed E-state index contributed by atoms with van der Waals surface area (Å²) in [6.07, 6.45) is 2.30. The molecule has 1 saturated heterocycles. The first kappa shape index (κ1) is 17.5. The number of nitrogens with one attached hydrogen (secondary N) is 1. The van der Waals surface area contributed by atoms with Crippen molar-refractivity contribution in [2.45, 2.75) is 32.2 Å². The number of thiazole rings is 1. The third-order valence-corrected chi connectivity index (χ3v) is 6.72. The Morgan fingerprint density at radius 1 is 1.18 bits per heavy atom. The molecular weight excluding hydrogens is 368 g/mol. The molecule has 0 amide bonds. The highest BCUT2D eigenvalue weighted by Crippen LogP contribution is 2.33. The number of piperidine rings is 1. The molecule has 4 aromatic rings. The van der Waals surface area contributed by atoms with Crippen LogP contribution in [0.5, 0.6) is 0 Å². The van der Waals surface area contributed by atoms with E-state index < -0.39 is 0 Å². The lowest BCUT2D eigenvalue weighted by Gasteiger charge is -2.31. The molecule has 0 aliphatic carbocycles. The van der Waals surface area contributed by atoms with E-state index in [1.54, 1.807) is 0 Å². The third kappa shape index (κ3) is 3.23. The molecule has 3 heterocycles. The van der Waals surface area contributed by atoms with E-state index >= 15 is 0 Å². The minimum absolute atomic E-state index is 0.0524. The van der Waals surface area contributed by atoms with Crippen LogP contribution in [0.3, 0.4) is 0 Å². The largest absolute Gasteiger partial charge is 0.309 e. The number of aromatic amines is 1. The fraction of sp³-hybridized carbons (Fsp3) is 0.318. The molecule has 1 unspecified atom stereocenters. The number of hydrogen-bond donors (Lipinski definition) is 1. The molecule has 6 heteroatoms. The van der Waals surface area contributed by atoms with Crippen LogP contribution in [0, 0.1) is 6.92 Å². The van der Waals surface area contributed by atoms with Crippen molar-refractivity contribution < 1.29 is 0 Å². The molecule has 5 rings (SSSR count). The smallest absolute Gasteiger partial charge is 0.258 e. The van der Waals surface area contributed by atoms with E-state index in [0.29, 0.717) is 17.8 Å². The van der Waals surface area contributed by atoms with E-state index in [0.717, 1.165) is 48.4 Å². The lowest BCUT2D eigenvalue weighted by molar-refractivity contribution is 0.196. The Labute approximate surface area is 167 Å². The first-order valence-corrected chi connectivity index (χ1v) is 10.6. The van der Waals surface area contributed by atoms with E-state index in [4.69, 9.17) is 9.97 Å². The van der Waals surface area contributed by atoms with Gasteiger partial charge in [-0.1, -0.05) is 24.3 Å². The summed E-state index contributed by atoms with van der Waals surface area (Å²) < 4.78 is 1.26. The van der Waals surface area contributed by atoms with Gasteiger partial charge in [0.05, 0.1) is 32.7 Å². The highest BCUT2D eigenvalue weighted by Gasteiger charge is 2.24. The third-order valence-electron chi connectivity index (χ3n) is 5.53. The second-order valence-electron chi connectivity index (χ2n) is 7.58. The predicted molar refractivity (Wildman–Crippen MR) is 114 cm³/mol. The van der Waals surface area contributed by atoms with Crippen LogP contribution in [-0.2, 0) is 6.54 Å². The number of likely N-dealkylation sites (tertiary alicyclic amines) is 1. The fourth-order valence-corrected chi connectivity index (χ4v) is 5.20. The van der Waals surface area contributed by atoms with Gasteiger partial charge in [-0.3, -0.25) is 9.69 Å². The number of nitrogens with zero attached hydrogens (tertiary/aromatic N) is 3. The molecule has 142 valence electrons. The van der Waals surface area contributed by atoms with Gasteiger partial charge in [-0.2, -0.15) is 0 Å². The van der Waals surface area contributed by atoms with E-state index in [1.807, 2.05) is 42.5 Å². The highest BCUT2D eigenvalue weighted by molar-refractivity contribution is 7.18. The second kappa shape index (κ2) is 7.11. The molecule has 2 aromatic carbocycles. The molecule has 0 spiro atoms. The molecule has 0 bridgehead atoms. The van der Waals surface area contributed by atoms with Gasteiger partial charge in [0.15, 0.2) is 0 Å². The van der Waals surface area contributed by atoms with Crippen molar-refractivity contribution >= 4 is 32.5 Å². The summed E-state index contributed by atoms with van der Waals surface area (Å²) in [5.74, 6) is 1.19. The number of benzene rings is 2. The van der Waals surface area contributed by atoms with Crippen LogP contribution >= 0.6 is 11.3 Å². The van der Waals surface area contributed by atoms with Gasteiger partial charge in [-0.25, -0.2) is 9.97 Å². The molecule has 0 radical (unpaired) electrons. The SMILES string of the molecule is Cc1cccc2c(=O)[nH]c(CN3CCCC(c4nc5ccccc5s4)C3)nc12. The quantitative estimate of drug-likeness (QED) is 0.569. The van der Waals surface area contributed by atoms with Crippen molar-refractivity contribution in [1.29, 1.82) is 0 Å². The molecule has 1 N–H and O–H groups in total. The number of para-hydroxylation sites is 2. The van der Waals surface area contributed by atoms with E-state index in [-0.39, 0.29) is 5.56 Å². The summed E-state index contributed by atoms with van der Waals surface area (Å²) in [6.45, 7) is 4.65. The number of rotatable bonds is 3. The summed E-state index contributed by atoms with van der Waals surface area (Å²) in [5, 5.41) is 1.89. The maximum atomic E-state index is 12.5. The number of aryl methyl sites for hydroxylation is 1. The molecular formula is C22H22N4OS. The van der Waals surface area contributed by atoms with Crippen molar-refractivity contribution in [3.05, 3.63) is 69.2 Å². The van der Waals surface area contributed by atoms with Gasteiger partial charge in [-0.15, -0.1) is 11.3 Å². The van der Waals surface area contributed by atoms with Crippen LogP contribution < -0.4 is 5.56 Å². The average molecular weight is 391 g/mol. The van der Waals surface area contributed by atoms with Gasteiger partial charge in [0.1, 0.15) is 5.82 Å². The Kier molecular flexibility index (Phi) is 4.45. The summed E-state index contributed by atoms with van der Waals surface area (Å²) >= 11 is 1.81. The predicted octanol–water partition coefficient (Wildman–Crippen LogP) is 4.22. The molecule has 28 heavy (non-hydrogen) atoms. The Hall–Kier alpha value is -2.57. The zero-order chi connectivity index (χ0) is 19.1. The van der Waals surface area contributed by atoms with E-state index in [2.05, 4.69) is 28.1 Å². The van der Waals surface area contributed by atoms with E-state index in [1.165, 1.54) is 9.71 Å². The van der Waals surface area contributed by atoms with Crippen molar-refractivity contribution in [3.63, 3.8) is 0 Å². The van der Waals surface area contributed by atoms with Gasteiger partial charge in [0.2, 0.25) is 0 Å². The maximum absolute atomic E-state index is 12.5. The molecule has 2 aromatic heterocycles. The van der Waals surface area contributed by atoms with Crippen LogP contribution in [0.2, 0.25) is 0 Å². The lowest BCUT2D eigenvalue weighted by Crippen LogP contribution is -2.35. The number of fused-ring (bicyclic) bond motifs is 2. The van der Waals surface area contributed by atoms with E-state index in [9.17, 15) is 4.79 Å². The Morgan fingerprint density at radius 3 is 2.96 bits per heavy atom. The Bertz CT molecular complexity index is 1180. The zero-order valence-electron chi connectivity index (χ0n) is 15.8. The molecule has 1 aliphatic rings. The monoisotopic (exact) mass is 390 g/mol. The zero-order valence-corrected chi connectivity index (χ0v) is 16.6. The molecule has 1 fully saturated rings. The van der Waals surface area contributed by atoms with Crippen LogP contribution in [0.25, 0.3) is 21.1 Å². The second-order valence-corrected chi connectivity index (χ2v) is 8.64. The minimum Gasteiger partial charge on any atom is -0.309 e. The number of aromatic nitrogens is 3. The number of hydrogen-bond acceptors (Lipinski definition) is 5. The van der Waals surface area contributed by atoms with Crippen LogP contribution in [0.15, 0.2) is 47.3 Å². The summed E-state index contributed by atoms with van der Waals surface area (Å²) in [7, 11) is 0. The van der Waals surface area contributed by atoms with Crippen LogP contribution in [0.4, 0.5) is 0 Å². The van der Waals surface area contributed by atoms with Crippen LogP contribution in [0.1, 0.15) is 35.2 Å². The van der Waals surface area contributed by atoms with Gasteiger partial charge in [-0.05, 0) is 50.1 Å². The standard InChI is InChI=1S/C22H22N4OS/c1-14-6-4-8-16-20(14)24-19(25-21(16)27)13-26-11-5-7-15(12-26)22-23-17-9-2-3-10-18(17)28-22/h2-4,6,8-10,15H,5,7,11-13H2,1H3,(H,24,25,27). The Morgan fingerprint density at radius 2 is 2.07 bits per heavy atom. The van der Waals surface area contributed by atoms with Gasteiger partial charge < -0.3 is 4.98 Å². The summed E-state index contributed by atoms with van der Waals surface area (Å²) in [6, 6.07) is 14.1. The minimum atomic E-state index is -0.0524. The highest BCUT2D eigenvalue weighted by atomic mass is 32.1. The van der Waals surface area contributed by atoms with Crippen molar-refractivity contribution in [2.24, 2.45) is 0 Å². The number of H-pyrrole nitrogens is 1. The molecule has 1 aliphatic heterocycles. The molecule has 5 nitrogen and oxygen atoms in total. The van der Waals surface area contributed by atoms with Crippen molar-refractivity contribution in [1.82, 2.24) is 19.9 Å². The summed E-state index contributed by atoms with van der Waals surface area (Å²) in [5.41, 5.74) is 2.89.